The maximum atomic E-state index is 4.38. The summed E-state index contributed by atoms with van der Waals surface area (Å²) in [6, 6.07) is 2.44. The van der Waals surface area contributed by atoms with Gasteiger partial charge in [-0.1, -0.05) is 0 Å². The molecule has 5 heteroatoms. The molecule has 1 atom stereocenters. The zero-order valence-electron chi connectivity index (χ0n) is 11.5. The van der Waals surface area contributed by atoms with Crippen molar-refractivity contribution in [1.29, 1.82) is 0 Å². The summed E-state index contributed by atoms with van der Waals surface area (Å²) in [7, 11) is 2.01. The first-order chi connectivity index (χ1) is 8.69. The van der Waals surface area contributed by atoms with Crippen molar-refractivity contribution in [3.8, 4) is 0 Å². The van der Waals surface area contributed by atoms with E-state index in [4.69, 9.17) is 0 Å². The average Bonchev–Trinajstić information content (AvgIpc) is 2.78. The molecular weight excluding hydrogens is 226 g/mol. The van der Waals surface area contributed by atoms with Crippen LogP contribution < -0.4 is 15.5 Å². The first kappa shape index (κ1) is 13.1. The molecule has 0 radical (unpaired) electrons. The SMILES string of the molecule is CNCC1CCN(c2cc(NC(C)C)ncn2)C1. The third kappa shape index (κ3) is 3.32. The lowest BCUT2D eigenvalue weighted by Gasteiger charge is -2.18. The van der Waals surface area contributed by atoms with E-state index in [-0.39, 0.29) is 0 Å². The first-order valence-corrected chi connectivity index (χ1v) is 6.67. The molecule has 0 spiro atoms. The van der Waals surface area contributed by atoms with Gasteiger partial charge in [-0.25, -0.2) is 9.97 Å². The summed E-state index contributed by atoms with van der Waals surface area (Å²) < 4.78 is 0. The molecule has 2 heterocycles. The molecular formula is C13H23N5. The minimum atomic E-state index is 0.392. The molecule has 18 heavy (non-hydrogen) atoms. The van der Waals surface area contributed by atoms with Gasteiger partial charge in [0, 0.05) is 25.2 Å². The van der Waals surface area contributed by atoms with E-state index in [0.29, 0.717) is 6.04 Å². The molecule has 0 aliphatic carbocycles. The monoisotopic (exact) mass is 249 g/mol. The predicted octanol–water partition coefficient (Wildman–Crippen LogP) is 1.34. The highest BCUT2D eigenvalue weighted by Gasteiger charge is 2.23. The van der Waals surface area contributed by atoms with Crippen molar-refractivity contribution in [2.24, 2.45) is 5.92 Å². The van der Waals surface area contributed by atoms with E-state index in [2.05, 4.69) is 39.3 Å². The van der Waals surface area contributed by atoms with Crippen LogP contribution in [0.25, 0.3) is 0 Å². The van der Waals surface area contributed by atoms with Crippen molar-refractivity contribution in [3.63, 3.8) is 0 Å². The molecule has 100 valence electrons. The highest BCUT2D eigenvalue weighted by Crippen LogP contribution is 2.22. The van der Waals surface area contributed by atoms with Crippen LogP contribution in [0.3, 0.4) is 0 Å². The number of aromatic nitrogens is 2. The lowest BCUT2D eigenvalue weighted by Crippen LogP contribution is -2.25. The number of nitrogens with zero attached hydrogens (tertiary/aromatic N) is 3. The van der Waals surface area contributed by atoms with Gasteiger partial charge in [0.25, 0.3) is 0 Å². The maximum absolute atomic E-state index is 4.38. The highest BCUT2D eigenvalue weighted by molar-refractivity contribution is 5.49. The van der Waals surface area contributed by atoms with Gasteiger partial charge in [0.15, 0.2) is 0 Å². The molecule has 2 N–H and O–H groups in total. The van der Waals surface area contributed by atoms with Crippen molar-refractivity contribution < 1.29 is 0 Å². The molecule has 1 aromatic heterocycles. The molecule has 0 saturated carbocycles. The number of anilines is 2. The fraction of sp³-hybridized carbons (Fsp3) is 0.692. The smallest absolute Gasteiger partial charge is 0.134 e. The molecule has 1 saturated heterocycles. The molecule has 0 amide bonds. The second-order valence-electron chi connectivity index (χ2n) is 5.22. The third-order valence-corrected chi connectivity index (χ3v) is 3.19. The Bertz CT molecular complexity index is 379. The molecule has 0 bridgehead atoms. The summed E-state index contributed by atoms with van der Waals surface area (Å²) in [6.07, 6.45) is 2.88. The van der Waals surface area contributed by atoms with Crippen molar-refractivity contribution in [2.75, 3.05) is 36.9 Å². The lowest BCUT2D eigenvalue weighted by molar-refractivity contribution is 0.549. The normalized spacial score (nSPS) is 19.6. The van der Waals surface area contributed by atoms with Crippen LogP contribution in [0.15, 0.2) is 12.4 Å². The van der Waals surface area contributed by atoms with Crippen LogP contribution in [0, 0.1) is 5.92 Å². The van der Waals surface area contributed by atoms with E-state index in [1.165, 1.54) is 6.42 Å². The molecule has 1 aromatic rings. The predicted molar refractivity (Wildman–Crippen MR) is 75.0 cm³/mol. The van der Waals surface area contributed by atoms with E-state index < -0.39 is 0 Å². The van der Waals surface area contributed by atoms with Crippen LogP contribution in [-0.4, -0.2) is 42.7 Å². The highest BCUT2D eigenvalue weighted by atomic mass is 15.2. The second kappa shape index (κ2) is 6.00. The Morgan fingerprint density at radius 2 is 2.28 bits per heavy atom. The van der Waals surface area contributed by atoms with Crippen LogP contribution in [0.4, 0.5) is 11.6 Å². The molecule has 1 aliphatic rings. The van der Waals surface area contributed by atoms with Crippen molar-refractivity contribution in [1.82, 2.24) is 15.3 Å². The third-order valence-electron chi connectivity index (χ3n) is 3.19. The topological polar surface area (TPSA) is 53.1 Å². The Kier molecular flexibility index (Phi) is 4.36. The largest absolute Gasteiger partial charge is 0.368 e. The van der Waals surface area contributed by atoms with Crippen LogP contribution in [0.1, 0.15) is 20.3 Å². The summed E-state index contributed by atoms with van der Waals surface area (Å²) in [5.41, 5.74) is 0. The number of hydrogen-bond acceptors (Lipinski definition) is 5. The zero-order valence-corrected chi connectivity index (χ0v) is 11.5. The molecule has 1 fully saturated rings. The molecule has 1 unspecified atom stereocenters. The second-order valence-corrected chi connectivity index (χ2v) is 5.22. The first-order valence-electron chi connectivity index (χ1n) is 6.67. The fourth-order valence-electron chi connectivity index (χ4n) is 2.39. The Hall–Kier alpha value is -1.36. The van der Waals surface area contributed by atoms with Gasteiger partial charge >= 0.3 is 0 Å². The Labute approximate surface area is 109 Å². The standard InChI is InChI=1S/C13H23N5/c1-10(2)17-12-6-13(16-9-15-12)18-5-4-11(8-18)7-14-3/h6,9-11,14H,4-5,7-8H2,1-3H3,(H,15,16,17). The van der Waals surface area contributed by atoms with Crippen LogP contribution >= 0.6 is 0 Å². The zero-order chi connectivity index (χ0) is 13.0. The number of nitrogens with one attached hydrogen (secondary N) is 2. The van der Waals surface area contributed by atoms with Gasteiger partial charge in [0.05, 0.1) is 0 Å². The summed E-state index contributed by atoms with van der Waals surface area (Å²) >= 11 is 0. The van der Waals surface area contributed by atoms with Gasteiger partial charge in [0.1, 0.15) is 18.0 Å². The number of hydrogen-bond donors (Lipinski definition) is 2. The van der Waals surface area contributed by atoms with E-state index in [1.807, 2.05) is 13.1 Å². The van der Waals surface area contributed by atoms with Crippen molar-refractivity contribution >= 4 is 11.6 Å². The van der Waals surface area contributed by atoms with Gasteiger partial charge < -0.3 is 15.5 Å². The Morgan fingerprint density at radius 3 is 3.00 bits per heavy atom. The Morgan fingerprint density at radius 1 is 1.44 bits per heavy atom. The van der Waals surface area contributed by atoms with Crippen molar-refractivity contribution in [3.05, 3.63) is 12.4 Å². The van der Waals surface area contributed by atoms with Crippen LogP contribution in [0.5, 0.6) is 0 Å². The van der Waals surface area contributed by atoms with Gasteiger partial charge in [0.2, 0.25) is 0 Å². The van der Waals surface area contributed by atoms with Crippen molar-refractivity contribution in [2.45, 2.75) is 26.3 Å². The van der Waals surface area contributed by atoms with Gasteiger partial charge in [-0.05, 0) is 39.8 Å². The van der Waals surface area contributed by atoms with E-state index in [1.54, 1.807) is 6.33 Å². The van der Waals surface area contributed by atoms with Gasteiger partial charge in [-0.2, -0.15) is 0 Å². The van der Waals surface area contributed by atoms with E-state index in [0.717, 1.165) is 37.2 Å². The summed E-state index contributed by atoms with van der Waals surface area (Å²) in [5, 5.41) is 6.56. The lowest BCUT2D eigenvalue weighted by atomic mass is 10.1. The summed E-state index contributed by atoms with van der Waals surface area (Å²) in [5.74, 6) is 2.67. The minimum Gasteiger partial charge on any atom is -0.368 e. The molecule has 1 aliphatic heterocycles. The molecule has 0 aromatic carbocycles. The molecule has 5 nitrogen and oxygen atoms in total. The fourth-order valence-corrected chi connectivity index (χ4v) is 2.39. The summed E-state index contributed by atoms with van der Waals surface area (Å²) in [4.78, 5) is 11.0. The van der Waals surface area contributed by atoms with E-state index >= 15 is 0 Å². The minimum absolute atomic E-state index is 0.392. The van der Waals surface area contributed by atoms with Crippen LogP contribution in [-0.2, 0) is 0 Å². The average molecular weight is 249 g/mol. The molecule has 2 rings (SSSR count). The quantitative estimate of drug-likeness (QED) is 0.825. The number of rotatable bonds is 5. The summed E-state index contributed by atoms with van der Waals surface area (Å²) in [6.45, 7) is 7.48. The van der Waals surface area contributed by atoms with Crippen LogP contribution in [0.2, 0.25) is 0 Å². The van der Waals surface area contributed by atoms with Gasteiger partial charge in [-0.3, -0.25) is 0 Å². The van der Waals surface area contributed by atoms with E-state index in [9.17, 15) is 0 Å². The maximum Gasteiger partial charge on any atom is 0.134 e. The van der Waals surface area contributed by atoms with Gasteiger partial charge in [-0.15, -0.1) is 0 Å². The Balaban J connectivity index is 2.01.